The molecule has 0 aliphatic carbocycles. The molecule has 2 aliphatic rings. The van der Waals surface area contributed by atoms with E-state index in [1.807, 2.05) is 9.58 Å². The highest BCUT2D eigenvalue weighted by Gasteiger charge is 2.29. The van der Waals surface area contributed by atoms with Crippen molar-refractivity contribution in [3.63, 3.8) is 0 Å². The van der Waals surface area contributed by atoms with Gasteiger partial charge in [0.1, 0.15) is 0 Å². The first kappa shape index (κ1) is 17.7. The van der Waals surface area contributed by atoms with E-state index >= 15 is 0 Å². The zero-order chi connectivity index (χ0) is 18.6. The molecule has 8 heteroatoms. The summed E-state index contributed by atoms with van der Waals surface area (Å²) in [5.74, 6) is -0.173. The molecule has 142 valence electrons. The fraction of sp³-hybridized carbons (Fsp3) is 0.474. The van der Waals surface area contributed by atoms with Gasteiger partial charge >= 0.3 is 0 Å². The van der Waals surface area contributed by atoms with Crippen molar-refractivity contribution in [3.8, 4) is 0 Å². The number of pyridine rings is 1. The molecule has 0 atom stereocenters. The minimum atomic E-state index is -0.166. The predicted molar refractivity (Wildman–Crippen MR) is 97.3 cm³/mol. The highest BCUT2D eigenvalue weighted by Crippen LogP contribution is 2.23. The molecule has 2 aromatic rings. The molecule has 2 aliphatic heterocycles. The van der Waals surface area contributed by atoms with Crippen molar-refractivity contribution in [2.45, 2.75) is 32.4 Å². The summed E-state index contributed by atoms with van der Waals surface area (Å²) >= 11 is 0. The normalized spacial score (nSPS) is 16.2. The van der Waals surface area contributed by atoms with Crippen LogP contribution in [-0.4, -0.2) is 57.7 Å². The third kappa shape index (κ3) is 3.71. The van der Waals surface area contributed by atoms with Crippen LogP contribution < -0.4 is 5.32 Å². The molecular weight excluding hydrogens is 346 g/mol. The highest BCUT2D eigenvalue weighted by molar-refractivity contribution is 5.94. The fourth-order valence-electron chi connectivity index (χ4n) is 3.61. The van der Waals surface area contributed by atoms with Gasteiger partial charge in [-0.2, -0.15) is 5.10 Å². The molecule has 2 amide bonds. The molecule has 0 spiro atoms. The summed E-state index contributed by atoms with van der Waals surface area (Å²) in [4.78, 5) is 30.8. The summed E-state index contributed by atoms with van der Waals surface area (Å²) in [6.45, 7) is 3.58. The summed E-state index contributed by atoms with van der Waals surface area (Å²) < 4.78 is 7.41. The average Bonchev–Trinajstić information content (AvgIpc) is 3.37. The van der Waals surface area contributed by atoms with Crippen LogP contribution in [-0.2, 0) is 24.3 Å². The van der Waals surface area contributed by atoms with Gasteiger partial charge in [-0.3, -0.25) is 19.3 Å². The lowest BCUT2D eigenvalue weighted by Crippen LogP contribution is -2.29. The Kier molecular flexibility index (Phi) is 5.15. The van der Waals surface area contributed by atoms with Crippen LogP contribution in [0, 0.1) is 0 Å². The quantitative estimate of drug-likeness (QED) is 0.850. The summed E-state index contributed by atoms with van der Waals surface area (Å²) in [7, 11) is 0. The molecule has 1 N–H and O–H groups in total. The Labute approximate surface area is 157 Å². The Bertz CT molecular complexity index is 827. The molecule has 1 fully saturated rings. The SMILES string of the molecule is O=C(NCCn1nc(C(=O)N2CCCC2)c2c1CCOC2)c1cccnc1. The van der Waals surface area contributed by atoms with E-state index in [-0.39, 0.29) is 11.8 Å². The van der Waals surface area contributed by atoms with Gasteiger partial charge < -0.3 is 15.0 Å². The van der Waals surface area contributed by atoms with Crippen LogP contribution in [0.15, 0.2) is 24.5 Å². The molecule has 0 unspecified atom stereocenters. The van der Waals surface area contributed by atoms with Gasteiger partial charge in [-0.05, 0) is 25.0 Å². The molecule has 0 aromatic carbocycles. The number of amides is 2. The van der Waals surface area contributed by atoms with Gasteiger partial charge in [0.15, 0.2) is 5.69 Å². The van der Waals surface area contributed by atoms with Crippen molar-refractivity contribution in [1.29, 1.82) is 0 Å². The molecule has 0 radical (unpaired) electrons. The number of nitrogens with zero attached hydrogens (tertiary/aromatic N) is 4. The fourth-order valence-corrected chi connectivity index (χ4v) is 3.61. The van der Waals surface area contributed by atoms with Gasteiger partial charge in [0, 0.05) is 49.7 Å². The Balaban J connectivity index is 1.46. The summed E-state index contributed by atoms with van der Waals surface area (Å²) in [5, 5.41) is 7.47. The van der Waals surface area contributed by atoms with Crippen molar-refractivity contribution in [2.24, 2.45) is 0 Å². The number of rotatable bonds is 5. The first-order chi connectivity index (χ1) is 13.2. The Morgan fingerprint density at radius 2 is 2.11 bits per heavy atom. The van der Waals surface area contributed by atoms with E-state index in [9.17, 15) is 9.59 Å². The van der Waals surface area contributed by atoms with Crippen molar-refractivity contribution >= 4 is 11.8 Å². The molecule has 2 aromatic heterocycles. The number of hydrogen-bond donors (Lipinski definition) is 1. The third-order valence-corrected chi connectivity index (χ3v) is 5.02. The van der Waals surface area contributed by atoms with Crippen LogP contribution in [0.2, 0.25) is 0 Å². The molecule has 27 heavy (non-hydrogen) atoms. The zero-order valence-corrected chi connectivity index (χ0v) is 15.2. The van der Waals surface area contributed by atoms with Crippen LogP contribution in [0.4, 0.5) is 0 Å². The number of nitrogens with one attached hydrogen (secondary N) is 1. The lowest BCUT2D eigenvalue weighted by molar-refractivity contribution is 0.0772. The maximum Gasteiger partial charge on any atom is 0.274 e. The van der Waals surface area contributed by atoms with Gasteiger partial charge in [0.05, 0.1) is 25.3 Å². The second-order valence-electron chi connectivity index (χ2n) is 6.80. The van der Waals surface area contributed by atoms with Crippen LogP contribution >= 0.6 is 0 Å². The zero-order valence-electron chi connectivity index (χ0n) is 15.2. The number of carbonyl (C=O) groups is 2. The van der Waals surface area contributed by atoms with Gasteiger partial charge in [0.25, 0.3) is 11.8 Å². The predicted octanol–water partition coefficient (Wildman–Crippen LogP) is 1.02. The molecule has 4 heterocycles. The number of fused-ring (bicyclic) bond motifs is 1. The van der Waals surface area contributed by atoms with E-state index in [1.54, 1.807) is 18.3 Å². The maximum absolute atomic E-state index is 12.8. The van der Waals surface area contributed by atoms with Crippen molar-refractivity contribution < 1.29 is 14.3 Å². The number of carbonyl (C=O) groups excluding carboxylic acids is 2. The molecule has 0 saturated carbocycles. The van der Waals surface area contributed by atoms with Crippen LogP contribution in [0.5, 0.6) is 0 Å². The molecule has 8 nitrogen and oxygen atoms in total. The van der Waals surface area contributed by atoms with Crippen molar-refractivity contribution in [1.82, 2.24) is 25.0 Å². The molecule has 1 saturated heterocycles. The Morgan fingerprint density at radius 3 is 2.89 bits per heavy atom. The Morgan fingerprint density at radius 1 is 1.26 bits per heavy atom. The number of ether oxygens (including phenoxy) is 1. The van der Waals surface area contributed by atoms with Gasteiger partial charge in [0.2, 0.25) is 0 Å². The lowest BCUT2D eigenvalue weighted by Gasteiger charge is -2.17. The second-order valence-corrected chi connectivity index (χ2v) is 6.80. The van der Waals surface area contributed by atoms with Crippen molar-refractivity contribution in [2.75, 3.05) is 26.2 Å². The van der Waals surface area contributed by atoms with Crippen LogP contribution in [0.1, 0.15) is 44.9 Å². The maximum atomic E-state index is 12.8. The number of aromatic nitrogens is 3. The largest absolute Gasteiger partial charge is 0.376 e. The third-order valence-electron chi connectivity index (χ3n) is 5.02. The second kappa shape index (κ2) is 7.87. The summed E-state index contributed by atoms with van der Waals surface area (Å²) in [6, 6.07) is 3.46. The smallest absolute Gasteiger partial charge is 0.274 e. The average molecular weight is 369 g/mol. The van der Waals surface area contributed by atoms with Gasteiger partial charge in [-0.1, -0.05) is 0 Å². The first-order valence-corrected chi connectivity index (χ1v) is 9.38. The minimum Gasteiger partial charge on any atom is -0.376 e. The number of hydrogen-bond acceptors (Lipinski definition) is 5. The Hall–Kier alpha value is -2.74. The van der Waals surface area contributed by atoms with Gasteiger partial charge in [-0.25, -0.2) is 0 Å². The topological polar surface area (TPSA) is 89.4 Å². The van der Waals surface area contributed by atoms with E-state index in [4.69, 9.17) is 4.74 Å². The van der Waals surface area contributed by atoms with E-state index < -0.39 is 0 Å². The van der Waals surface area contributed by atoms with Crippen LogP contribution in [0.25, 0.3) is 0 Å². The molecular formula is C19H23N5O3. The van der Waals surface area contributed by atoms with E-state index in [0.717, 1.165) is 43.6 Å². The first-order valence-electron chi connectivity index (χ1n) is 9.38. The summed E-state index contributed by atoms with van der Waals surface area (Å²) in [5.41, 5.74) is 2.97. The number of likely N-dealkylation sites (tertiary alicyclic amines) is 1. The van der Waals surface area contributed by atoms with Crippen LogP contribution in [0.3, 0.4) is 0 Å². The summed E-state index contributed by atoms with van der Waals surface area (Å²) in [6.07, 6.45) is 5.99. The van der Waals surface area contributed by atoms with Crippen molar-refractivity contribution in [3.05, 3.63) is 47.0 Å². The van der Waals surface area contributed by atoms with E-state index in [1.165, 1.54) is 6.20 Å². The molecule has 0 bridgehead atoms. The lowest BCUT2D eigenvalue weighted by atomic mass is 10.1. The monoisotopic (exact) mass is 369 g/mol. The molecule has 4 rings (SSSR count). The minimum absolute atomic E-state index is 0.00704. The standard InChI is InChI=1S/C19H23N5O3/c25-18(14-4-3-6-20-12-14)21-7-10-24-16-5-11-27-13-15(16)17(22-24)19(26)23-8-1-2-9-23/h3-4,6,12H,1-2,5,7-11,13H2,(H,21,25). The van der Waals surface area contributed by atoms with E-state index in [0.29, 0.717) is 37.6 Å². The highest BCUT2D eigenvalue weighted by atomic mass is 16.5. The van der Waals surface area contributed by atoms with Gasteiger partial charge in [-0.15, -0.1) is 0 Å². The van der Waals surface area contributed by atoms with E-state index in [2.05, 4.69) is 15.4 Å².